The number of phosphoric acid groups is 1. The summed E-state index contributed by atoms with van der Waals surface area (Å²) in [6.45, 7) is 4.47. The van der Waals surface area contributed by atoms with Crippen LogP contribution in [0.3, 0.4) is 0 Å². The van der Waals surface area contributed by atoms with Crippen LogP contribution in [0.5, 0.6) is 0 Å². The van der Waals surface area contributed by atoms with Gasteiger partial charge in [-0.05, 0) is 44.9 Å². The van der Waals surface area contributed by atoms with Crippen molar-refractivity contribution in [3.8, 4) is 0 Å². The second kappa shape index (κ2) is 62.0. The summed E-state index contributed by atoms with van der Waals surface area (Å²) >= 11 is 0. The molecule has 0 bridgehead atoms. The molecule has 0 rings (SSSR count). The number of hydrogen-bond donors (Lipinski definition) is 1. The van der Waals surface area contributed by atoms with Gasteiger partial charge in [-0.15, -0.1) is 0 Å². The number of rotatable bonds is 66. The van der Waals surface area contributed by atoms with Crippen LogP contribution in [0.2, 0.25) is 0 Å². The molecule has 2 atom stereocenters. The number of ether oxygens (including phenoxy) is 2. The van der Waals surface area contributed by atoms with Gasteiger partial charge in [0.2, 0.25) is 0 Å². The Morgan fingerprint density at radius 3 is 1.01 bits per heavy atom. The van der Waals surface area contributed by atoms with Gasteiger partial charge in [0.05, 0.1) is 27.7 Å². The van der Waals surface area contributed by atoms with Crippen molar-refractivity contribution in [3.63, 3.8) is 0 Å². The van der Waals surface area contributed by atoms with Crippen LogP contribution >= 0.6 is 7.82 Å². The molecule has 80 heavy (non-hydrogen) atoms. The number of unbranched alkanes of at least 4 members (excludes halogenated alkanes) is 48. The molecule has 1 N–H and O–H groups in total. The Hall–Kier alpha value is -1.51. The van der Waals surface area contributed by atoms with Gasteiger partial charge in [0.15, 0.2) is 6.10 Å². The lowest BCUT2D eigenvalue weighted by atomic mass is 10.0. The zero-order valence-corrected chi connectivity index (χ0v) is 55.0. The van der Waals surface area contributed by atoms with E-state index in [1.807, 2.05) is 21.1 Å². The second-order valence-electron chi connectivity index (χ2n) is 25.3. The molecular formula is C70H137NO8P+. The molecule has 10 heteroatoms. The maximum Gasteiger partial charge on any atom is 0.472 e. The first-order valence-corrected chi connectivity index (χ1v) is 36.6. The van der Waals surface area contributed by atoms with E-state index in [0.29, 0.717) is 23.9 Å². The van der Waals surface area contributed by atoms with Gasteiger partial charge in [-0.3, -0.25) is 18.6 Å². The van der Waals surface area contributed by atoms with Gasteiger partial charge in [0.1, 0.15) is 19.8 Å². The average Bonchev–Trinajstić information content (AvgIpc) is 3.42. The van der Waals surface area contributed by atoms with Crippen LogP contribution in [-0.2, 0) is 32.7 Å². The number of phosphoric ester groups is 1. The smallest absolute Gasteiger partial charge is 0.462 e. The van der Waals surface area contributed by atoms with Crippen molar-refractivity contribution in [1.29, 1.82) is 0 Å². The zero-order chi connectivity index (χ0) is 58.4. The number of likely N-dealkylation sites (N-methyl/N-ethyl adjacent to an activating group) is 1. The quantitative estimate of drug-likeness (QED) is 0.0211. The number of quaternary nitrogens is 1. The number of esters is 2. The first-order chi connectivity index (χ1) is 39.0. The van der Waals surface area contributed by atoms with Crippen molar-refractivity contribution < 1.29 is 42.1 Å². The molecule has 2 unspecified atom stereocenters. The molecule has 474 valence electrons. The van der Waals surface area contributed by atoms with Crippen LogP contribution in [0.4, 0.5) is 0 Å². The summed E-state index contributed by atoms with van der Waals surface area (Å²) in [5.41, 5.74) is 0. The molecule has 0 spiro atoms. The van der Waals surface area contributed by atoms with E-state index in [-0.39, 0.29) is 25.6 Å². The molecule has 0 aliphatic heterocycles. The maximum absolute atomic E-state index is 12.8. The van der Waals surface area contributed by atoms with E-state index in [1.54, 1.807) is 0 Å². The van der Waals surface area contributed by atoms with E-state index in [2.05, 4.69) is 38.2 Å². The van der Waals surface area contributed by atoms with E-state index >= 15 is 0 Å². The fraction of sp³-hybridized carbons (Fsp3) is 0.914. The highest BCUT2D eigenvalue weighted by atomic mass is 31.2. The summed E-state index contributed by atoms with van der Waals surface area (Å²) in [6, 6.07) is 0. The third-order valence-electron chi connectivity index (χ3n) is 16.0. The standard InChI is InChI=1S/C70H136NO8P/c1-6-8-10-12-14-16-18-20-22-24-26-27-28-29-30-31-32-33-34-35-36-37-38-39-40-41-42-43-45-46-48-50-52-54-56-58-60-62-69(72)76-66-68(67-78-80(74,75)77-65-64-71(3,4)5)79-70(73)63-61-59-57-55-53-51-49-47-44-25-23-21-19-17-15-13-11-9-7-2/h15,17,21,23,68H,6-14,16,18-20,22,24-67H2,1-5H3/p+1/b17-15-,23-21-. The first-order valence-electron chi connectivity index (χ1n) is 35.1. The van der Waals surface area contributed by atoms with Crippen molar-refractivity contribution in [2.45, 2.75) is 367 Å². The fourth-order valence-corrected chi connectivity index (χ4v) is 11.3. The minimum atomic E-state index is -4.39. The van der Waals surface area contributed by atoms with Gasteiger partial charge >= 0.3 is 19.8 Å². The topological polar surface area (TPSA) is 108 Å². The lowest BCUT2D eigenvalue weighted by Gasteiger charge is -2.24. The summed E-state index contributed by atoms with van der Waals surface area (Å²) in [6.07, 6.45) is 77.3. The predicted molar refractivity (Wildman–Crippen MR) is 344 cm³/mol. The first kappa shape index (κ1) is 78.5. The Balaban J connectivity index is 3.89. The monoisotopic (exact) mass is 1150 g/mol. The largest absolute Gasteiger partial charge is 0.472 e. The molecule has 0 aliphatic rings. The van der Waals surface area contributed by atoms with Crippen LogP contribution in [0.25, 0.3) is 0 Å². The van der Waals surface area contributed by atoms with Gasteiger partial charge in [0, 0.05) is 12.8 Å². The lowest BCUT2D eigenvalue weighted by molar-refractivity contribution is -0.870. The molecule has 0 saturated heterocycles. The summed E-state index contributed by atoms with van der Waals surface area (Å²) in [5.74, 6) is -0.783. The molecular weight excluding hydrogens is 1010 g/mol. The zero-order valence-electron chi connectivity index (χ0n) is 54.1. The molecule has 0 heterocycles. The highest BCUT2D eigenvalue weighted by molar-refractivity contribution is 7.47. The third kappa shape index (κ3) is 65.6. The second-order valence-corrected chi connectivity index (χ2v) is 26.7. The molecule has 0 aromatic heterocycles. The molecule has 0 radical (unpaired) electrons. The van der Waals surface area contributed by atoms with E-state index in [4.69, 9.17) is 18.5 Å². The number of carbonyl (C=O) groups is 2. The summed E-state index contributed by atoms with van der Waals surface area (Å²) < 4.78 is 34.7. The Labute approximate surface area is 498 Å². The van der Waals surface area contributed by atoms with E-state index in [1.165, 1.54) is 283 Å². The molecule has 0 aromatic carbocycles. The van der Waals surface area contributed by atoms with Crippen molar-refractivity contribution >= 4 is 19.8 Å². The number of carbonyl (C=O) groups excluding carboxylic acids is 2. The summed E-state index contributed by atoms with van der Waals surface area (Å²) in [7, 11) is 1.49. The van der Waals surface area contributed by atoms with E-state index < -0.39 is 26.5 Å². The average molecular weight is 1150 g/mol. The predicted octanol–water partition coefficient (Wildman–Crippen LogP) is 22.5. The highest BCUT2D eigenvalue weighted by Crippen LogP contribution is 2.43. The number of hydrogen-bond acceptors (Lipinski definition) is 7. The molecule has 0 saturated carbocycles. The number of allylic oxidation sites excluding steroid dienone is 4. The van der Waals surface area contributed by atoms with Crippen molar-refractivity contribution in [1.82, 2.24) is 0 Å². The van der Waals surface area contributed by atoms with Gasteiger partial charge in [-0.25, -0.2) is 4.57 Å². The Morgan fingerprint density at radius 1 is 0.388 bits per heavy atom. The highest BCUT2D eigenvalue weighted by Gasteiger charge is 2.27. The van der Waals surface area contributed by atoms with E-state index in [9.17, 15) is 19.0 Å². The third-order valence-corrected chi connectivity index (χ3v) is 17.0. The molecule has 9 nitrogen and oxygen atoms in total. The molecule has 0 amide bonds. The van der Waals surface area contributed by atoms with Crippen LogP contribution < -0.4 is 0 Å². The van der Waals surface area contributed by atoms with E-state index in [0.717, 1.165) is 44.9 Å². The SMILES string of the molecule is CCCCC/C=C\C/C=C\CCCCCCCCCCCC(=O)OC(COC(=O)CCCCCCCCCCCCCCCCCCCCCCCCCCCCCCCCCCCCCCC)COP(=O)(O)OCC[N+](C)(C)C. The normalized spacial score (nSPS) is 13.2. The van der Waals surface area contributed by atoms with Crippen LogP contribution in [0, 0.1) is 0 Å². The lowest BCUT2D eigenvalue weighted by Crippen LogP contribution is -2.37. The maximum atomic E-state index is 12.8. The minimum Gasteiger partial charge on any atom is -0.462 e. The Bertz CT molecular complexity index is 1400. The Kier molecular flexibility index (Phi) is 60.9. The molecule has 0 aromatic rings. The fourth-order valence-electron chi connectivity index (χ4n) is 10.6. The van der Waals surface area contributed by atoms with Crippen LogP contribution in [0.15, 0.2) is 24.3 Å². The van der Waals surface area contributed by atoms with Crippen LogP contribution in [-0.4, -0.2) is 74.9 Å². The summed E-state index contributed by atoms with van der Waals surface area (Å²) in [5, 5.41) is 0. The van der Waals surface area contributed by atoms with Crippen molar-refractivity contribution in [2.75, 3.05) is 47.5 Å². The molecule has 0 fully saturated rings. The van der Waals surface area contributed by atoms with Crippen molar-refractivity contribution in [3.05, 3.63) is 24.3 Å². The minimum absolute atomic E-state index is 0.0334. The molecule has 0 aliphatic carbocycles. The van der Waals surface area contributed by atoms with Crippen LogP contribution in [0.1, 0.15) is 361 Å². The Morgan fingerprint density at radius 2 is 0.675 bits per heavy atom. The van der Waals surface area contributed by atoms with Gasteiger partial charge in [-0.1, -0.05) is 327 Å². The van der Waals surface area contributed by atoms with Gasteiger partial charge in [0.25, 0.3) is 0 Å². The summed E-state index contributed by atoms with van der Waals surface area (Å²) in [4.78, 5) is 35.8. The van der Waals surface area contributed by atoms with Gasteiger partial charge < -0.3 is 18.9 Å². The number of nitrogens with zero attached hydrogens (tertiary/aromatic N) is 1. The van der Waals surface area contributed by atoms with Crippen molar-refractivity contribution in [2.24, 2.45) is 0 Å². The van der Waals surface area contributed by atoms with Gasteiger partial charge in [-0.2, -0.15) is 0 Å².